The molecule has 0 aliphatic heterocycles. The lowest BCUT2D eigenvalue weighted by atomic mass is 9.93. The highest BCUT2D eigenvalue weighted by Gasteiger charge is 2.21. The first-order valence-electron chi connectivity index (χ1n) is 6.68. The fourth-order valence-electron chi connectivity index (χ4n) is 2.92. The Bertz CT molecular complexity index is 571. The van der Waals surface area contributed by atoms with Gasteiger partial charge in [0.25, 0.3) is 0 Å². The molecule has 1 aromatic carbocycles. The molecule has 4 nitrogen and oxygen atoms in total. The molecule has 0 spiro atoms. The molecule has 0 saturated heterocycles. The van der Waals surface area contributed by atoms with Crippen molar-refractivity contribution in [1.82, 2.24) is 5.16 Å². The lowest BCUT2D eigenvalue weighted by molar-refractivity contribution is 0.405. The minimum absolute atomic E-state index is 0.363. The molecule has 1 fully saturated rings. The van der Waals surface area contributed by atoms with Crippen LogP contribution >= 0.6 is 0 Å². The Morgan fingerprint density at radius 2 is 2.11 bits per heavy atom. The molecule has 4 heteroatoms. The second-order valence-electron chi connectivity index (χ2n) is 5.04. The van der Waals surface area contributed by atoms with E-state index in [9.17, 15) is 0 Å². The predicted molar refractivity (Wildman–Crippen MR) is 74.1 cm³/mol. The van der Waals surface area contributed by atoms with Crippen LogP contribution < -0.4 is 10.5 Å². The van der Waals surface area contributed by atoms with E-state index >= 15 is 0 Å². The van der Waals surface area contributed by atoms with Crippen molar-refractivity contribution in [3.63, 3.8) is 0 Å². The third kappa shape index (κ3) is 2.18. The zero-order chi connectivity index (χ0) is 13.2. The number of nitrogen functional groups attached to an aromatic ring is 1. The first kappa shape index (κ1) is 12.1. The number of aromatic nitrogens is 1. The first-order chi connectivity index (χ1) is 9.29. The molecule has 2 N–H and O–H groups in total. The van der Waals surface area contributed by atoms with Crippen LogP contribution in [-0.4, -0.2) is 12.3 Å². The van der Waals surface area contributed by atoms with Crippen LogP contribution in [0.25, 0.3) is 11.1 Å². The number of methoxy groups -OCH3 is 1. The van der Waals surface area contributed by atoms with Gasteiger partial charge in [-0.05, 0) is 42.0 Å². The Morgan fingerprint density at radius 3 is 2.74 bits per heavy atom. The van der Waals surface area contributed by atoms with Crippen molar-refractivity contribution < 1.29 is 9.26 Å². The van der Waals surface area contributed by atoms with Gasteiger partial charge >= 0.3 is 0 Å². The summed E-state index contributed by atoms with van der Waals surface area (Å²) < 4.78 is 10.4. The summed E-state index contributed by atoms with van der Waals surface area (Å²) in [4.78, 5) is 0. The SMILES string of the molecule is COc1ccc(-c2cnoc2N)cc1C1CCCC1. The molecular weight excluding hydrogens is 240 g/mol. The van der Waals surface area contributed by atoms with E-state index in [1.54, 1.807) is 13.3 Å². The van der Waals surface area contributed by atoms with Crippen molar-refractivity contribution in [2.75, 3.05) is 12.8 Å². The first-order valence-corrected chi connectivity index (χ1v) is 6.68. The summed E-state index contributed by atoms with van der Waals surface area (Å²) in [7, 11) is 1.72. The second-order valence-corrected chi connectivity index (χ2v) is 5.04. The van der Waals surface area contributed by atoms with Crippen LogP contribution in [0, 0.1) is 0 Å². The maximum atomic E-state index is 5.79. The van der Waals surface area contributed by atoms with E-state index in [1.165, 1.54) is 31.2 Å². The van der Waals surface area contributed by atoms with E-state index in [4.69, 9.17) is 15.0 Å². The zero-order valence-electron chi connectivity index (χ0n) is 11.1. The van der Waals surface area contributed by atoms with Crippen LogP contribution in [0.1, 0.15) is 37.2 Å². The van der Waals surface area contributed by atoms with Gasteiger partial charge in [0.15, 0.2) is 0 Å². The normalized spacial score (nSPS) is 15.8. The van der Waals surface area contributed by atoms with Crippen LogP contribution in [0.2, 0.25) is 0 Å². The monoisotopic (exact) mass is 258 g/mol. The average molecular weight is 258 g/mol. The molecule has 1 heterocycles. The lowest BCUT2D eigenvalue weighted by Gasteiger charge is -2.15. The summed E-state index contributed by atoms with van der Waals surface area (Å²) in [6.45, 7) is 0. The van der Waals surface area contributed by atoms with Gasteiger partial charge in [0.1, 0.15) is 5.75 Å². The van der Waals surface area contributed by atoms with Crippen molar-refractivity contribution in [2.45, 2.75) is 31.6 Å². The third-order valence-corrected chi connectivity index (χ3v) is 3.93. The molecule has 1 aromatic heterocycles. The van der Waals surface area contributed by atoms with Gasteiger partial charge in [-0.25, -0.2) is 0 Å². The molecule has 0 bridgehead atoms. The number of nitrogens with zero attached hydrogens (tertiary/aromatic N) is 1. The summed E-state index contributed by atoms with van der Waals surface area (Å²) in [6, 6.07) is 6.17. The molecule has 2 aromatic rings. The Balaban J connectivity index is 2.04. The molecule has 100 valence electrons. The minimum atomic E-state index is 0.363. The number of ether oxygens (including phenoxy) is 1. The number of rotatable bonds is 3. The highest BCUT2D eigenvalue weighted by Crippen LogP contribution is 2.41. The van der Waals surface area contributed by atoms with E-state index in [0.29, 0.717) is 11.8 Å². The van der Waals surface area contributed by atoms with E-state index in [-0.39, 0.29) is 0 Å². The quantitative estimate of drug-likeness (QED) is 0.913. The van der Waals surface area contributed by atoms with Gasteiger partial charge in [0.05, 0.1) is 18.9 Å². The smallest absolute Gasteiger partial charge is 0.229 e. The van der Waals surface area contributed by atoms with Gasteiger partial charge in [0.2, 0.25) is 5.88 Å². The number of anilines is 1. The van der Waals surface area contributed by atoms with Crippen LogP contribution in [0.3, 0.4) is 0 Å². The predicted octanol–water partition coefficient (Wildman–Crippen LogP) is 3.59. The molecule has 19 heavy (non-hydrogen) atoms. The maximum absolute atomic E-state index is 5.79. The Hall–Kier alpha value is -1.97. The number of nitrogens with two attached hydrogens (primary N) is 1. The van der Waals surface area contributed by atoms with E-state index in [2.05, 4.69) is 11.2 Å². The van der Waals surface area contributed by atoms with E-state index < -0.39 is 0 Å². The summed E-state index contributed by atoms with van der Waals surface area (Å²) in [6.07, 6.45) is 6.73. The Kier molecular flexibility index (Phi) is 3.15. The fourth-order valence-corrected chi connectivity index (χ4v) is 2.92. The van der Waals surface area contributed by atoms with Gasteiger partial charge in [-0.1, -0.05) is 24.1 Å². The molecular formula is C15H18N2O2. The van der Waals surface area contributed by atoms with E-state index in [0.717, 1.165) is 16.9 Å². The molecule has 3 rings (SSSR count). The van der Waals surface area contributed by atoms with Gasteiger partial charge in [-0.15, -0.1) is 0 Å². The number of hydrogen-bond donors (Lipinski definition) is 1. The molecule has 1 aliphatic rings. The highest BCUT2D eigenvalue weighted by atomic mass is 16.5. The molecule has 1 aliphatic carbocycles. The molecule has 0 radical (unpaired) electrons. The molecule has 0 amide bonds. The van der Waals surface area contributed by atoms with Crippen molar-refractivity contribution in [3.8, 4) is 16.9 Å². The van der Waals surface area contributed by atoms with Crippen molar-refractivity contribution in [2.24, 2.45) is 0 Å². The van der Waals surface area contributed by atoms with Gasteiger partial charge in [-0.2, -0.15) is 0 Å². The van der Waals surface area contributed by atoms with E-state index in [1.807, 2.05) is 12.1 Å². The summed E-state index contributed by atoms with van der Waals surface area (Å²) in [5, 5.41) is 3.74. The van der Waals surface area contributed by atoms with Crippen LogP contribution in [0.5, 0.6) is 5.75 Å². The Morgan fingerprint density at radius 1 is 1.32 bits per heavy atom. The minimum Gasteiger partial charge on any atom is -0.496 e. The van der Waals surface area contributed by atoms with Crippen molar-refractivity contribution in [1.29, 1.82) is 0 Å². The van der Waals surface area contributed by atoms with Crippen LogP contribution in [-0.2, 0) is 0 Å². The third-order valence-electron chi connectivity index (χ3n) is 3.93. The summed E-state index contributed by atoms with van der Waals surface area (Å²) >= 11 is 0. The summed E-state index contributed by atoms with van der Waals surface area (Å²) in [5.74, 6) is 1.92. The van der Waals surface area contributed by atoms with Crippen molar-refractivity contribution in [3.05, 3.63) is 30.0 Å². The van der Waals surface area contributed by atoms with Gasteiger partial charge in [0, 0.05) is 0 Å². The standard InChI is InChI=1S/C15H18N2O2/c1-18-14-7-6-11(13-9-17-19-15(13)16)8-12(14)10-4-2-3-5-10/h6-10H,2-5,16H2,1H3. The zero-order valence-corrected chi connectivity index (χ0v) is 11.1. The fraction of sp³-hybridized carbons (Fsp3) is 0.400. The topological polar surface area (TPSA) is 61.3 Å². The largest absolute Gasteiger partial charge is 0.496 e. The molecule has 0 atom stereocenters. The van der Waals surface area contributed by atoms with Crippen molar-refractivity contribution >= 4 is 5.88 Å². The number of hydrogen-bond acceptors (Lipinski definition) is 4. The van der Waals surface area contributed by atoms with Crippen LogP contribution in [0.4, 0.5) is 5.88 Å². The second kappa shape index (κ2) is 4.96. The Labute approximate surface area is 112 Å². The lowest BCUT2D eigenvalue weighted by Crippen LogP contribution is -1.98. The number of benzene rings is 1. The maximum Gasteiger partial charge on any atom is 0.229 e. The molecule has 1 saturated carbocycles. The van der Waals surface area contributed by atoms with Gasteiger partial charge in [-0.3, -0.25) is 0 Å². The average Bonchev–Trinajstić information content (AvgIpc) is 3.09. The highest BCUT2D eigenvalue weighted by molar-refractivity contribution is 5.73. The van der Waals surface area contributed by atoms with Crippen LogP contribution in [0.15, 0.2) is 28.9 Å². The molecule has 0 unspecified atom stereocenters. The van der Waals surface area contributed by atoms with Gasteiger partial charge < -0.3 is 15.0 Å². The summed E-state index contributed by atoms with van der Waals surface area (Å²) in [5.41, 5.74) is 8.95.